The average Bonchev–Trinajstić information content (AvgIpc) is 3.52. The molecule has 1 aromatic carbocycles. The molecule has 0 unspecified atom stereocenters. The first kappa shape index (κ1) is 21.2. The molecular weight excluding hydrogens is 442 g/mol. The molecule has 1 heterocycles. The largest absolute Gasteiger partial charge is 0.353 e. The highest BCUT2D eigenvalue weighted by molar-refractivity contribution is 9.10. The van der Waals surface area contributed by atoms with Crippen LogP contribution in [0.4, 0.5) is 0 Å². The summed E-state index contributed by atoms with van der Waals surface area (Å²) in [5, 5.41) is 0. The van der Waals surface area contributed by atoms with Gasteiger partial charge in [-0.25, -0.2) is 0 Å². The van der Waals surface area contributed by atoms with E-state index in [1.165, 1.54) is 6.42 Å². The van der Waals surface area contributed by atoms with E-state index < -0.39 is 0 Å². The van der Waals surface area contributed by atoms with Crippen LogP contribution in [0.3, 0.4) is 0 Å². The van der Waals surface area contributed by atoms with Crippen LogP contribution in [0.15, 0.2) is 47.1 Å². The quantitative estimate of drug-likeness (QED) is 0.584. The van der Waals surface area contributed by atoms with E-state index in [1.807, 2.05) is 53.4 Å². The lowest BCUT2D eigenvalue weighted by molar-refractivity contribution is -0.133. The summed E-state index contributed by atoms with van der Waals surface area (Å²) < 4.78 is 3.01. The van der Waals surface area contributed by atoms with Crippen LogP contribution in [-0.2, 0) is 18.4 Å². The van der Waals surface area contributed by atoms with E-state index >= 15 is 0 Å². The van der Waals surface area contributed by atoms with Crippen molar-refractivity contribution in [2.75, 3.05) is 6.54 Å². The van der Waals surface area contributed by atoms with Crippen molar-refractivity contribution in [3.63, 3.8) is 0 Å². The van der Waals surface area contributed by atoms with Gasteiger partial charge in [0.15, 0.2) is 0 Å². The smallest absolute Gasteiger partial charge is 0.254 e. The van der Waals surface area contributed by atoms with E-state index in [4.69, 9.17) is 0 Å². The Kier molecular flexibility index (Phi) is 6.61. The van der Waals surface area contributed by atoms with Gasteiger partial charge in [-0.2, -0.15) is 0 Å². The molecule has 0 atom stereocenters. The van der Waals surface area contributed by atoms with Crippen LogP contribution in [0.25, 0.3) is 0 Å². The first-order chi connectivity index (χ1) is 14.5. The molecule has 4 rings (SSSR count). The van der Waals surface area contributed by atoms with Crippen LogP contribution in [0.1, 0.15) is 61.0 Å². The highest BCUT2D eigenvalue weighted by atomic mass is 79.9. The molecule has 0 radical (unpaired) electrons. The number of carbonyl (C=O) groups excluding carboxylic acids is 2. The highest BCUT2D eigenvalue weighted by Gasteiger charge is 2.36. The van der Waals surface area contributed by atoms with E-state index in [-0.39, 0.29) is 24.4 Å². The zero-order valence-corrected chi connectivity index (χ0v) is 19.2. The third-order valence-corrected chi connectivity index (χ3v) is 6.89. The summed E-state index contributed by atoms with van der Waals surface area (Å²) >= 11 is 3.44. The maximum Gasteiger partial charge on any atom is 0.254 e. The van der Waals surface area contributed by atoms with Crippen molar-refractivity contribution in [1.29, 1.82) is 0 Å². The van der Waals surface area contributed by atoms with E-state index in [9.17, 15) is 9.59 Å². The number of amides is 2. The van der Waals surface area contributed by atoms with Gasteiger partial charge in [0, 0.05) is 41.1 Å². The molecule has 160 valence electrons. The summed E-state index contributed by atoms with van der Waals surface area (Å²) in [6.45, 7) is 0.776. The molecule has 6 heteroatoms. The monoisotopic (exact) mass is 471 g/mol. The van der Waals surface area contributed by atoms with Crippen molar-refractivity contribution in [3.8, 4) is 0 Å². The Hall–Kier alpha value is -2.08. The number of aryl methyl sites for hydroxylation is 1. The van der Waals surface area contributed by atoms with E-state index in [1.54, 1.807) is 0 Å². The third-order valence-electron chi connectivity index (χ3n) is 6.36. The molecule has 2 aliphatic carbocycles. The molecule has 2 aliphatic rings. The zero-order chi connectivity index (χ0) is 21.1. The summed E-state index contributed by atoms with van der Waals surface area (Å²) in [5.41, 5.74) is 1.77. The molecule has 2 amide bonds. The minimum atomic E-state index is -0.0302. The minimum absolute atomic E-state index is 0.0302. The van der Waals surface area contributed by atoms with Crippen LogP contribution in [0.5, 0.6) is 0 Å². The molecule has 2 aromatic rings. The molecule has 0 N–H and O–H groups in total. The lowest BCUT2D eigenvalue weighted by atomic mass is 9.93. The second-order valence-electron chi connectivity index (χ2n) is 8.60. The normalized spacial score (nSPS) is 17.0. The van der Waals surface area contributed by atoms with Crippen molar-refractivity contribution in [2.24, 2.45) is 7.05 Å². The van der Waals surface area contributed by atoms with Gasteiger partial charge in [0.25, 0.3) is 5.91 Å². The van der Waals surface area contributed by atoms with Crippen LogP contribution >= 0.6 is 15.9 Å². The summed E-state index contributed by atoms with van der Waals surface area (Å²) in [6.07, 6.45) is 9.55. The molecule has 30 heavy (non-hydrogen) atoms. The Labute approximate surface area is 187 Å². The SMILES string of the molecule is Cn1cccc1CN(C(=O)CN(C(=O)c1ccc(Br)cc1)C1CCCCC1)C1CC1. The van der Waals surface area contributed by atoms with Crippen LogP contribution in [0, 0.1) is 0 Å². The van der Waals surface area contributed by atoms with Gasteiger partial charge < -0.3 is 14.4 Å². The number of hydrogen-bond donors (Lipinski definition) is 0. The number of carbonyl (C=O) groups is 2. The lowest BCUT2D eigenvalue weighted by Gasteiger charge is -2.35. The van der Waals surface area contributed by atoms with Gasteiger partial charge >= 0.3 is 0 Å². The Bertz CT molecular complexity index is 882. The molecule has 1 aromatic heterocycles. The molecule has 0 saturated heterocycles. The number of rotatable bonds is 7. The minimum Gasteiger partial charge on any atom is -0.353 e. The summed E-state index contributed by atoms with van der Waals surface area (Å²) in [4.78, 5) is 30.7. The number of hydrogen-bond acceptors (Lipinski definition) is 2. The van der Waals surface area contributed by atoms with Gasteiger partial charge in [-0.3, -0.25) is 9.59 Å². The molecule has 0 spiro atoms. The maximum atomic E-state index is 13.4. The molecule has 2 saturated carbocycles. The molecule has 0 bridgehead atoms. The fraction of sp³-hybridized carbons (Fsp3) is 0.500. The van der Waals surface area contributed by atoms with Crippen molar-refractivity contribution in [2.45, 2.75) is 63.6 Å². The topological polar surface area (TPSA) is 45.6 Å². The van der Waals surface area contributed by atoms with Gasteiger partial charge in [-0.1, -0.05) is 35.2 Å². The second-order valence-corrected chi connectivity index (χ2v) is 9.51. The van der Waals surface area contributed by atoms with Crippen molar-refractivity contribution in [3.05, 3.63) is 58.3 Å². The molecule has 2 fully saturated rings. The average molecular weight is 472 g/mol. The lowest BCUT2D eigenvalue weighted by Crippen LogP contribution is -2.48. The summed E-state index contributed by atoms with van der Waals surface area (Å²) in [5.74, 6) is 0.0344. The number of halogens is 1. The van der Waals surface area contributed by atoms with Gasteiger partial charge in [-0.15, -0.1) is 0 Å². The van der Waals surface area contributed by atoms with Crippen molar-refractivity contribution < 1.29 is 9.59 Å². The van der Waals surface area contributed by atoms with E-state index in [2.05, 4.69) is 26.6 Å². The number of benzene rings is 1. The molecule has 5 nitrogen and oxygen atoms in total. The van der Waals surface area contributed by atoms with Gasteiger partial charge in [0.1, 0.15) is 6.54 Å². The standard InChI is InChI=1S/C24H30BrN3O2/c1-26-15-5-8-22(26)16-27(21-13-14-21)23(29)17-28(20-6-3-2-4-7-20)24(30)18-9-11-19(25)12-10-18/h5,8-12,15,20-21H,2-4,6-7,13-14,16-17H2,1H3. The van der Waals surface area contributed by atoms with Gasteiger partial charge in [0.05, 0.1) is 6.54 Å². The Morgan fingerprint density at radius 2 is 1.63 bits per heavy atom. The number of nitrogens with zero attached hydrogens (tertiary/aromatic N) is 3. The van der Waals surface area contributed by atoms with Gasteiger partial charge in [0.2, 0.25) is 5.91 Å². The first-order valence-corrected chi connectivity index (χ1v) is 11.8. The Balaban J connectivity index is 1.53. The summed E-state index contributed by atoms with van der Waals surface area (Å²) in [6, 6.07) is 12.0. The predicted octanol–water partition coefficient (Wildman–Crippen LogP) is 4.75. The van der Waals surface area contributed by atoms with Crippen LogP contribution < -0.4 is 0 Å². The first-order valence-electron chi connectivity index (χ1n) is 11.0. The van der Waals surface area contributed by atoms with Crippen LogP contribution in [-0.4, -0.2) is 44.8 Å². The van der Waals surface area contributed by atoms with Crippen molar-refractivity contribution >= 4 is 27.7 Å². The van der Waals surface area contributed by atoms with E-state index in [0.717, 1.165) is 48.7 Å². The fourth-order valence-corrected chi connectivity index (χ4v) is 4.66. The van der Waals surface area contributed by atoms with Crippen molar-refractivity contribution in [1.82, 2.24) is 14.4 Å². The fourth-order valence-electron chi connectivity index (χ4n) is 4.40. The van der Waals surface area contributed by atoms with Crippen LogP contribution in [0.2, 0.25) is 0 Å². The number of aromatic nitrogens is 1. The summed E-state index contributed by atoms with van der Waals surface area (Å²) in [7, 11) is 2.01. The third kappa shape index (κ3) is 4.97. The molecular formula is C24H30BrN3O2. The zero-order valence-electron chi connectivity index (χ0n) is 17.6. The Morgan fingerprint density at radius 1 is 0.967 bits per heavy atom. The maximum absolute atomic E-state index is 13.4. The Morgan fingerprint density at radius 3 is 2.23 bits per heavy atom. The van der Waals surface area contributed by atoms with Gasteiger partial charge in [-0.05, 0) is 62.1 Å². The van der Waals surface area contributed by atoms with E-state index in [0.29, 0.717) is 18.2 Å². The predicted molar refractivity (Wildman–Crippen MR) is 121 cm³/mol. The highest BCUT2D eigenvalue weighted by Crippen LogP contribution is 2.30. The molecule has 0 aliphatic heterocycles. The second kappa shape index (κ2) is 9.38.